The van der Waals surface area contributed by atoms with Crippen LogP contribution in [0.3, 0.4) is 0 Å². The van der Waals surface area contributed by atoms with Gasteiger partial charge in [-0.05, 0) is 38.1 Å². The molecule has 34 heavy (non-hydrogen) atoms. The minimum Gasteiger partial charge on any atom is -0.464 e. The predicted octanol–water partition coefficient (Wildman–Crippen LogP) is 2.58. The van der Waals surface area contributed by atoms with E-state index in [1.807, 2.05) is 0 Å². The number of urea groups is 1. The van der Waals surface area contributed by atoms with Crippen molar-refractivity contribution < 1.29 is 37.2 Å². The number of hydrogen-bond acceptors (Lipinski definition) is 10. The summed E-state index contributed by atoms with van der Waals surface area (Å²) in [5, 5.41) is 8.95. The molecule has 3 aromatic heterocycles. The summed E-state index contributed by atoms with van der Waals surface area (Å²) in [6.45, 7) is 3.17. The topological polar surface area (TPSA) is 159 Å². The molecule has 12 heteroatoms. The van der Waals surface area contributed by atoms with Crippen LogP contribution < -0.4 is 10.6 Å². The zero-order chi connectivity index (χ0) is 24.1. The van der Waals surface area contributed by atoms with Crippen LogP contribution in [0.1, 0.15) is 36.8 Å². The molecule has 0 saturated carbocycles. The fourth-order valence-electron chi connectivity index (χ4n) is 3.30. The van der Waals surface area contributed by atoms with Crippen LogP contribution in [0.2, 0.25) is 0 Å². The van der Waals surface area contributed by atoms with Crippen molar-refractivity contribution in [2.24, 2.45) is 0 Å². The standard InChI is InChI=1S/C22H22N4O8/c1-3-30-21(28)18-13(23-22(29)25-19(18)14-7-6-12(2)33-14)11-32-17(27)9-8-16-24-20(26-34-16)15-5-4-10-31-15/h4-7,10,19H,3,8-9,11H2,1-2H3,(H2,23,25,29)/t19-/m0/s1. The van der Waals surface area contributed by atoms with Crippen LogP contribution >= 0.6 is 0 Å². The van der Waals surface area contributed by atoms with Gasteiger partial charge in [0, 0.05) is 6.42 Å². The van der Waals surface area contributed by atoms with Crippen molar-refractivity contribution in [1.29, 1.82) is 0 Å². The van der Waals surface area contributed by atoms with E-state index in [2.05, 4.69) is 20.8 Å². The Labute approximate surface area is 193 Å². The van der Waals surface area contributed by atoms with Gasteiger partial charge < -0.3 is 33.5 Å². The monoisotopic (exact) mass is 470 g/mol. The van der Waals surface area contributed by atoms with E-state index < -0.39 is 24.0 Å². The van der Waals surface area contributed by atoms with Crippen molar-refractivity contribution in [3.05, 3.63) is 59.2 Å². The van der Waals surface area contributed by atoms with E-state index in [-0.39, 0.29) is 49.0 Å². The van der Waals surface area contributed by atoms with Crippen molar-refractivity contribution in [2.45, 2.75) is 32.7 Å². The second-order valence-electron chi connectivity index (χ2n) is 7.24. The Balaban J connectivity index is 1.43. The van der Waals surface area contributed by atoms with Crippen molar-refractivity contribution in [2.75, 3.05) is 13.2 Å². The number of nitrogens with one attached hydrogen (secondary N) is 2. The summed E-state index contributed by atoms with van der Waals surface area (Å²) in [5.74, 6) is 0.646. The third-order valence-corrected chi connectivity index (χ3v) is 4.82. The molecule has 0 bridgehead atoms. The van der Waals surface area contributed by atoms with Gasteiger partial charge in [-0.1, -0.05) is 5.16 Å². The number of amides is 2. The van der Waals surface area contributed by atoms with E-state index in [9.17, 15) is 14.4 Å². The van der Waals surface area contributed by atoms with Gasteiger partial charge in [-0.2, -0.15) is 4.98 Å². The zero-order valence-corrected chi connectivity index (χ0v) is 18.5. The molecule has 1 aliphatic rings. The Bertz CT molecular complexity index is 1210. The molecular formula is C22H22N4O8. The van der Waals surface area contributed by atoms with E-state index in [1.165, 1.54) is 6.26 Å². The van der Waals surface area contributed by atoms with Crippen molar-refractivity contribution >= 4 is 18.0 Å². The fraction of sp³-hybridized carbons (Fsp3) is 0.318. The van der Waals surface area contributed by atoms with Crippen molar-refractivity contribution in [1.82, 2.24) is 20.8 Å². The summed E-state index contributed by atoms with van der Waals surface area (Å²) in [6.07, 6.45) is 1.56. The van der Waals surface area contributed by atoms with Gasteiger partial charge in [0.1, 0.15) is 24.2 Å². The smallest absolute Gasteiger partial charge is 0.338 e. The second kappa shape index (κ2) is 10.1. The third kappa shape index (κ3) is 5.17. The molecule has 12 nitrogen and oxygen atoms in total. The first-order valence-corrected chi connectivity index (χ1v) is 10.5. The molecule has 0 radical (unpaired) electrons. The van der Waals surface area contributed by atoms with Crippen LogP contribution in [-0.4, -0.2) is 41.3 Å². The highest BCUT2D eigenvalue weighted by Gasteiger charge is 2.36. The molecule has 0 unspecified atom stereocenters. The number of aromatic nitrogens is 2. The highest BCUT2D eigenvalue weighted by Crippen LogP contribution is 2.29. The molecule has 4 heterocycles. The Morgan fingerprint density at radius 1 is 1.21 bits per heavy atom. The average molecular weight is 470 g/mol. The maximum atomic E-state index is 12.7. The van der Waals surface area contributed by atoms with Crippen LogP contribution in [0.25, 0.3) is 11.6 Å². The zero-order valence-electron chi connectivity index (χ0n) is 18.5. The fourth-order valence-corrected chi connectivity index (χ4v) is 3.30. The van der Waals surface area contributed by atoms with Gasteiger partial charge in [-0.25, -0.2) is 9.59 Å². The number of carbonyl (C=O) groups is 3. The molecule has 2 N–H and O–H groups in total. The van der Waals surface area contributed by atoms with Crippen LogP contribution in [0.5, 0.6) is 0 Å². The molecular weight excluding hydrogens is 448 g/mol. The van der Waals surface area contributed by atoms with E-state index in [4.69, 9.17) is 22.8 Å². The summed E-state index contributed by atoms with van der Waals surface area (Å²) in [7, 11) is 0. The van der Waals surface area contributed by atoms with E-state index in [0.29, 0.717) is 17.3 Å². The third-order valence-electron chi connectivity index (χ3n) is 4.82. The Morgan fingerprint density at radius 3 is 2.76 bits per heavy atom. The van der Waals surface area contributed by atoms with Crippen molar-refractivity contribution in [3.8, 4) is 11.6 Å². The molecule has 1 aliphatic heterocycles. The van der Waals surface area contributed by atoms with Gasteiger partial charge in [0.25, 0.3) is 0 Å². The quantitative estimate of drug-likeness (QED) is 0.445. The van der Waals surface area contributed by atoms with Crippen LogP contribution in [0, 0.1) is 6.92 Å². The highest BCUT2D eigenvalue weighted by molar-refractivity contribution is 5.95. The Hall–Kier alpha value is -4.35. The van der Waals surface area contributed by atoms with Gasteiger partial charge >= 0.3 is 18.0 Å². The normalized spacial score (nSPS) is 15.6. The lowest BCUT2D eigenvalue weighted by Crippen LogP contribution is -2.47. The lowest BCUT2D eigenvalue weighted by molar-refractivity contribution is -0.143. The van der Waals surface area contributed by atoms with Crippen LogP contribution in [0.4, 0.5) is 4.79 Å². The molecule has 3 aromatic rings. The number of ether oxygens (including phenoxy) is 2. The number of esters is 2. The van der Waals surface area contributed by atoms with E-state index >= 15 is 0 Å². The number of nitrogens with zero attached hydrogens (tertiary/aromatic N) is 2. The lowest BCUT2D eigenvalue weighted by Gasteiger charge is -2.27. The Morgan fingerprint density at radius 2 is 2.06 bits per heavy atom. The summed E-state index contributed by atoms with van der Waals surface area (Å²) in [5.41, 5.74) is 0.191. The molecule has 0 spiro atoms. The molecule has 2 amide bonds. The molecule has 0 aliphatic carbocycles. The minimum absolute atomic E-state index is 0.0607. The highest BCUT2D eigenvalue weighted by atomic mass is 16.5. The molecule has 0 aromatic carbocycles. The minimum atomic E-state index is -0.895. The number of furan rings is 2. The average Bonchev–Trinajstić information content (AvgIpc) is 3.57. The van der Waals surface area contributed by atoms with Gasteiger partial charge in [0.05, 0.1) is 30.6 Å². The maximum absolute atomic E-state index is 12.7. The summed E-state index contributed by atoms with van der Waals surface area (Å²) in [4.78, 5) is 41.4. The lowest BCUT2D eigenvalue weighted by atomic mass is 10.0. The summed E-state index contributed by atoms with van der Waals surface area (Å²) >= 11 is 0. The van der Waals surface area contributed by atoms with Crippen molar-refractivity contribution in [3.63, 3.8) is 0 Å². The molecule has 178 valence electrons. The number of rotatable bonds is 9. The molecule has 0 saturated heterocycles. The second-order valence-corrected chi connectivity index (χ2v) is 7.24. The molecule has 4 rings (SSSR count). The van der Waals surface area contributed by atoms with Gasteiger partial charge in [-0.3, -0.25) is 4.79 Å². The van der Waals surface area contributed by atoms with E-state index in [1.54, 1.807) is 38.1 Å². The van der Waals surface area contributed by atoms with Crippen LogP contribution in [0.15, 0.2) is 55.2 Å². The van der Waals surface area contributed by atoms with Gasteiger partial charge in [0.2, 0.25) is 11.7 Å². The number of carbonyl (C=O) groups excluding carboxylic acids is 3. The number of hydrogen-bond donors (Lipinski definition) is 2. The predicted molar refractivity (Wildman–Crippen MR) is 113 cm³/mol. The largest absolute Gasteiger partial charge is 0.464 e. The van der Waals surface area contributed by atoms with Gasteiger partial charge in [0.15, 0.2) is 5.76 Å². The van der Waals surface area contributed by atoms with E-state index in [0.717, 1.165) is 0 Å². The van der Waals surface area contributed by atoms with Crippen LogP contribution in [-0.2, 0) is 25.5 Å². The summed E-state index contributed by atoms with van der Waals surface area (Å²) in [6, 6.07) is 5.26. The Kier molecular flexibility index (Phi) is 6.76. The summed E-state index contributed by atoms with van der Waals surface area (Å²) < 4.78 is 26.3. The SMILES string of the molecule is CCOC(=O)C1=C(COC(=O)CCc2nc(-c3ccco3)no2)NC(=O)N[C@H]1c1ccc(C)o1. The first kappa shape index (κ1) is 22.8. The molecule has 0 fully saturated rings. The maximum Gasteiger partial charge on any atom is 0.338 e. The van der Waals surface area contributed by atoms with Gasteiger partial charge in [-0.15, -0.1) is 0 Å². The first-order chi connectivity index (χ1) is 16.4. The first-order valence-electron chi connectivity index (χ1n) is 10.5. The molecule has 1 atom stereocenters. The number of aryl methyl sites for hydroxylation is 2.